The van der Waals surface area contributed by atoms with Crippen molar-refractivity contribution in [2.45, 2.75) is 6.92 Å². The quantitative estimate of drug-likeness (QED) is 0.576. The fraction of sp³-hybridized carbons (Fsp3) is 0.118. The molecule has 132 valence electrons. The van der Waals surface area contributed by atoms with Crippen molar-refractivity contribution in [3.05, 3.63) is 64.0 Å². The lowest BCUT2D eigenvalue weighted by molar-refractivity contribution is 0.340. The van der Waals surface area contributed by atoms with Crippen molar-refractivity contribution in [2.75, 3.05) is 6.61 Å². The highest BCUT2D eigenvalue weighted by atomic mass is 35.5. The zero-order valence-corrected chi connectivity index (χ0v) is 15.8. The molecule has 0 saturated carbocycles. The summed E-state index contributed by atoms with van der Waals surface area (Å²) in [6.45, 7) is 2.43. The van der Waals surface area contributed by atoms with Crippen LogP contribution >= 0.6 is 34.8 Å². The van der Waals surface area contributed by atoms with Gasteiger partial charge in [0.25, 0.3) is 0 Å². The molecule has 0 spiro atoms. The molecule has 0 atom stereocenters. The van der Waals surface area contributed by atoms with Crippen LogP contribution in [0.2, 0.25) is 15.5 Å². The van der Waals surface area contributed by atoms with E-state index in [0.29, 0.717) is 39.1 Å². The molecule has 0 aliphatic rings. The van der Waals surface area contributed by atoms with E-state index in [1.165, 1.54) is 18.7 Å². The van der Waals surface area contributed by atoms with E-state index in [-0.39, 0.29) is 0 Å². The lowest BCUT2D eigenvalue weighted by Crippen LogP contribution is -1.94. The summed E-state index contributed by atoms with van der Waals surface area (Å²) in [7, 11) is 0. The summed E-state index contributed by atoms with van der Waals surface area (Å²) in [6.07, 6.45) is 2.70. The third-order valence-corrected chi connectivity index (χ3v) is 3.50. The van der Waals surface area contributed by atoms with Crippen molar-refractivity contribution < 1.29 is 4.74 Å². The topological polar surface area (TPSA) is 84.6 Å². The molecule has 1 aromatic carbocycles. The summed E-state index contributed by atoms with van der Waals surface area (Å²) >= 11 is 16.6. The molecule has 0 bridgehead atoms. The molecule has 0 aliphatic heterocycles. The summed E-state index contributed by atoms with van der Waals surface area (Å²) in [4.78, 5) is 15.2. The van der Waals surface area contributed by atoms with Crippen LogP contribution in [0, 0.1) is 11.3 Å². The van der Waals surface area contributed by atoms with E-state index in [1.54, 1.807) is 18.2 Å². The second kappa shape index (κ2) is 9.88. The fourth-order valence-corrected chi connectivity index (χ4v) is 2.36. The highest BCUT2D eigenvalue weighted by Gasteiger charge is 2.06. The molecule has 0 N–H and O–H groups in total. The van der Waals surface area contributed by atoms with Crippen LogP contribution in [-0.4, -0.2) is 26.5 Å². The number of halogens is 3. The van der Waals surface area contributed by atoms with Crippen molar-refractivity contribution in [1.29, 1.82) is 5.26 Å². The first-order chi connectivity index (χ1) is 12.5. The number of hydrogen-bond donors (Lipinski definition) is 0. The minimum atomic E-state index is 0.361. The van der Waals surface area contributed by atoms with E-state index in [1.807, 2.05) is 13.0 Å². The average molecular weight is 409 g/mol. The van der Waals surface area contributed by atoms with Crippen LogP contribution in [0.4, 0.5) is 0 Å². The van der Waals surface area contributed by atoms with Gasteiger partial charge in [-0.2, -0.15) is 5.26 Å². The Labute approximate surface area is 165 Å². The lowest BCUT2D eigenvalue weighted by Gasteiger charge is -2.07. The maximum Gasteiger partial charge on any atom is 0.133 e. The Kier molecular flexibility index (Phi) is 7.54. The molecule has 3 rings (SSSR count). The summed E-state index contributed by atoms with van der Waals surface area (Å²) in [5.74, 6) is 0.640. The van der Waals surface area contributed by atoms with Gasteiger partial charge >= 0.3 is 0 Å². The molecule has 0 fully saturated rings. The van der Waals surface area contributed by atoms with Gasteiger partial charge in [-0.3, -0.25) is 0 Å². The van der Waals surface area contributed by atoms with Crippen LogP contribution in [0.15, 0.2) is 43.0 Å². The van der Waals surface area contributed by atoms with Crippen molar-refractivity contribution in [1.82, 2.24) is 19.9 Å². The molecule has 2 aromatic heterocycles. The first kappa shape index (κ1) is 19.9. The monoisotopic (exact) mass is 407 g/mol. The van der Waals surface area contributed by atoms with E-state index in [4.69, 9.17) is 44.8 Å². The molecular formula is C17H12Cl3N5O. The first-order valence-electron chi connectivity index (χ1n) is 7.30. The SMILES string of the molecule is CCOc1cc(C#N)cc(-c2cc(Cl)ncn2)c1.Clc1cc(Cl)ncn1. The predicted octanol–water partition coefficient (Wildman–Crippen LogP) is 4.85. The van der Waals surface area contributed by atoms with Crippen LogP contribution in [0.3, 0.4) is 0 Å². The number of nitriles is 1. The molecule has 6 nitrogen and oxygen atoms in total. The number of nitrogens with zero attached hydrogens (tertiary/aromatic N) is 5. The molecule has 0 saturated heterocycles. The fourth-order valence-electron chi connectivity index (χ4n) is 1.86. The third kappa shape index (κ3) is 6.12. The molecule has 0 amide bonds. The minimum Gasteiger partial charge on any atom is -0.494 e. The summed E-state index contributed by atoms with van der Waals surface area (Å²) in [5.41, 5.74) is 1.96. The van der Waals surface area contributed by atoms with Gasteiger partial charge in [0.05, 0.1) is 23.9 Å². The normalized spacial score (nSPS) is 9.65. The van der Waals surface area contributed by atoms with E-state index in [0.717, 1.165) is 5.56 Å². The molecular weight excluding hydrogens is 397 g/mol. The van der Waals surface area contributed by atoms with E-state index < -0.39 is 0 Å². The second-order valence-electron chi connectivity index (χ2n) is 4.68. The third-order valence-electron chi connectivity index (χ3n) is 2.88. The Hall–Kier alpha value is -2.46. The molecule has 2 heterocycles. The average Bonchev–Trinajstić information content (AvgIpc) is 2.62. The van der Waals surface area contributed by atoms with Crippen molar-refractivity contribution in [3.8, 4) is 23.1 Å². The van der Waals surface area contributed by atoms with Crippen LogP contribution in [0.1, 0.15) is 12.5 Å². The van der Waals surface area contributed by atoms with Gasteiger partial charge in [-0.15, -0.1) is 0 Å². The number of hydrogen-bond acceptors (Lipinski definition) is 6. The van der Waals surface area contributed by atoms with Crippen molar-refractivity contribution in [2.24, 2.45) is 0 Å². The number of benzene rings is 1. The van der Waals surface area contributed by atoms with Crippen LogP contribution in [-0.2, 0) is 0 Å². The predicted molar refractivity (Wildman–Crippen MR) is 100 cm³/mol. The summed E-state index contributed by atoms with van der Waals surface area (Å²) < 4.78 is 5.41. The zero-order chi connectivity index (χ0) is 18.9. The van der Waals surface area contributed by atoms with Gasteiger partial charge in [-0.1, -0.05) is 34.8 Å². The molecule has 0 radical (unpaired) electrons. The number of aromatic nitrogens is 4. The highest BCUT2D eigenvalue weighted by molar-refractivity contribution is 6.33. The molecule has 3 aromatic rings. The Balaban J connectivity index is 0.000000254. The maximum absolute atomic E-state index is 8.99. The maximum atomic E-state index is 8.99. The Morgan fingerprint density at radius 2 is 1.50 bits per heavy atom. The van der Waals surface area contributed by atoms with Crippen LogP contribution in [0.5, 0.6) is 5.75 Å². The van der Waals surface area contributed by atoms with Crippen LogP contribution in [0.25, 0.3) is 11.3 Å². The Morgan fingerprint density at radius 3 is 2.00 bits per heavy atom. The molecule has 26 heavy (non-hydrogen) atoms. The molecule has 0 aliphatic carbocycles. The lowest BCUT2D eigenvalue weighted by atomic mass is 10.1. The van der Waals surface area contributed by atoms with E-state index in [2.05, 4.69) is 26.0 Å². The summed E-state index contributed by atoms with van der Waals surface area (Å²) in [5, 5.41) is 10.1. The standard InChI is InChI=1S/C13H10ClN3O.C4H2Cl2N2/c1-2-18-11-4-9(7-15)3-10(5-11)12-6-13(14)17-8-16-12;5-3-1-4(6)8-2-7-3/h3-6,8H,2H2,1H3;1-2H. The first-order valence-corrected chi connectivity index (χ1v) is 8.44. The zero-order valence-electron chi connectivity index (χ0n) is 13.5. The Morgan fingerprint density at radius 1 is 0.885 bits per heavy atom. The van der Waals surface area contributed by atoms with Gasteiger partial charge in [-0.05, 0) is 25.1 Å². The van der Waals surface area contributed by atoms with Crippen molar-refractivity contribution >= 4 is 34.8 Å². The van der Waals surface area contributed by atoms with E-state index >= 15 is 0 Å². The Bertz CT molecular complexity index is 913. The van der Waals surface area contributed by atoms with Gasteiger partial charge in [0.15, 0.2) is 0 Å². The number of ether oxygens (including phenoxy) is 1. The van der Waals surface area contributed by atoms with Crippen LogP contribution < -0.4 is 4.74 Å². The van der Waals surface area contributed by atoms with Gasteiger partial charge in [0, 0.05) is 17.7 Å². The molecule has 9 heteroatoms. The molecule has 0 unspecified atom stereocenters. The van der Waals surface area contributed by atoms with Gasteiger partial charge in [0.2, 0.25) is 0 Å². The minimum absolute atomic E-state index is 0.361. The van der Waals surface area contributed by atoms with Gasteiger partial charge < -0.3 is 4.74 Å². The summed E-state index contributed by atoms with van der Waals surface area (Å²) in [6, 6.07) is 10.5. The van der Waals surface area contributed by atoms with Crippen molar-refractivity contribution in [3.63, 3.8) is 0 Å². The van der Waals surface area contributed by atoms with E-state index in [9.17, 15) is 0 Å². The number of rotatable bonds is 3. The highest BCUT2D eigenvalue weighted by Crippen LogP contribution is 2.25. The smallest absolute Gasteiger partial charge is 0.133 e. The second-order valence-corrected chi connectivity index (χ2v) is 5.84. The van der Waals surface area contributed by atoms with Gasteiger partial charge in [-0.25, -0.2) is 19.9 Å². The largest absolute Gasteiger partial charge is 0.494 e. The van der Waals surface area contributed by atoms with Gasteiger partial charge in [0.1, 0.15) is 33.9 Å².